The van der Waals surface area contributed by atoms with Crippen LogP contribution in [0.25, 0.3) is 11.4 Å². The van der Waals surface area contributed by atoms with Crippen molar-refractivity contribution in [3.05, 3.63) is 18.2 Å². The fourth-order valence-corrected chi connectivity index (χ4v) is 1.92. The van der Waals surface area contributed by atoms with Gasteiger partial charge in [-0.1, -0.05) is 19.9 Å². The molecule has 0 aliphatic heterocycles. The SMILES string of the molecule is CCOc1cccc(N)c1-c1nnnn1CC(C)C. The van der Waals surface area contributed by atoms with Crippen molar-refractivity contribution >= 4 is 5.69 Å². The van der Waals surface area contributed by atoms with Gasteiger partial charge in [0.1, 0.15) is 5.75 Å². The number of aromatic nitrogens is 4. The minimum Gasteiger partial charge on any atom is -0.493 e. The number of tetrazole rings is 1. The molecule has 2 rings (SSSR count). The van der Waals surface area contributed by atoms with E-state index in [1.165, 1.54) is 0 Å². The lowest BCUT2D eigenvalue weighted by molar-refractivity contribution is 0.341. The average Bonchev–Trinajstić information content (AvgIpc) is 2.77. The lowest BCUT2D eigenvalue weighted by Gasteiger charge is -2.13. The number of nitrogens with zero attached hydrogens (tertiary/aromatic N) is 4. The molecule has 102 valence electrons. The van der Waals surface area contributed by atoms with Crippen molar-refractivity contribution in [2.24, 2.45) is 5.92 Å². The molecule has 0 bridgehead atoms. The van der Waals surface area contributed by atoms with Gasteiger partial charge in [-0.25, -0.2) is 4.68 Å². The number of anilines is 1. The highest BCUT2D eigenvalue weighted by molar-refractivity contribution is 5.77. The summed E-state index contributed by atoms with van der Waals surface area (Å²) in [5, 5.41) is 11.9. The Kier molecular flexibility index (Phi) is 3.99. The van der Waals surface area contributed by atoms with Gasteiger partial charge in [-0.2, -0.15) is 0 Å². The van der Waals surface area contributed by atoms with Gasteiger partial charge in [0.2, 0.25) is 0 Å². The first-order valence-electron chi connectivity index (χ1n) is 6.41. The Balaban J connectivity index is 2.49. The van der Waals surface area contributed by atoms with Gasteiger partial charge in [0, 0.05) is 12.2 Å². The van der Waals surface area contributed by atoms with Gasteiger partial charge in [-0.05, 0) is 35.4 Å². The monoisotopic (exact) mass is 261 g/mol. The van der Waals surface area contributed by atoms with Crippen molar-refractivity contribution in [3.63, 3.8) is 0 Å². The van der Waals surface area contributed by atoms with E-state index in [0.29, 0.717) is 29.8 Å². The molecule has 0 fully saturated rings. The third-order valence-electron chi connectivity index (χ3n) is 2.65. The first-order chi connectivity index (χ1) is 9.13. The van der Waals surface area contributed by atoms with Crippen LogP contribution in [0.3, 0.4) is 0 Å². The fraction of sp³-hybridized carbons (Fsp3) is 0.462. The van der Waals surface area contributed by atoms with E-state index in [2.05, 4.69) is 29.4 Å². The normalized spacial score (nSPS) is 10.9. The minimum absolute atomic E-state index is 0.447. The number of nitrogen functional groups attached to an aromatic ring is 1. The highest BCUT2D eigenvalue weighted by Gasteiger charge is 2.17. The van der Waals surface area contributed by atoms with Crippen LogP contribution in [-0.2, 0) is 6.54 Å². The lowest BCUT2D eigenvalue weighted by atomic mass is 10.1. The second kappa shape index (κ2) is 5.69. The molecule has 2 N–H and O–H groups in total. The lowest BCUT2D eigenvalue weighted by Crippen LogP contribution is -2.09. The van der Waals surface area contributed by atoms with Crippen molar-refractivity contribution < 1.29 is 4.74 Å². The van der Waals surface area contributed by atoms with Crippen molar-refractivity contribution in [1.82, 2.24) is 20.2 Å². The molecule has 0 amide bonds. The predicted molar refractivity (Wildman–Crippen MR) is 73.7 cm³/mol. The van der Waals surface area contributed by atoms with Crippen molar-refractivity contribution in [2.75, 3.05) is 12.3 Å². The van der Waals surface area contributed by atoms with Gasteiger partial charge in [-0.3, -0.25) is 0 Å². The maximum atomic E-state index is 6.05. The molecule has 0 aliphatic carbocycles. The molecule has 6 heteroatoms. The summed E-state index contributed by atoms with van der Waals surface area (Å²) in [6.45, 7) is 7.47. The molecule has 19 heavy (non-hydrogen) atoms. The average molecular weight is 261 g/mol. The van der Waals surface area contributed by atoms with Crippen LogP contribution < -0.4 is 10.5 Å². The number of nitrogens with two attached hydrogens (primary N) is 1. The van der Waals surface area contributed by atoms with E-state index < -0.39 is 0 Å². The number of rotatable bonds is 5. The molecule has 1 aromatic heterocycles. The van der Waals surface area contributed by atoms with E-state index in [0.717, 1.165) is 12.1 Å². The second-order valence-corrected chi connectivity index (χ2v) is 4.73. The van der Waals surface area contributed by atoms with E-state index in [-0.39, 0.29) is 0 Å². The topological polar surface area (TPSA) is 78.8 Å². The molecule has 0 spiro atoms. The van der Waals surface area contributed by atoms with Crippen LogP contribution in [0.1, 0.15) is 20.8 Å². The molecule has 0 atom stereocenters. The molecular weight excluding hydrogens is 242 g/mol. The van der Waals surface area contributed by atoms with Gasteiger partial charge in [0.25, 0.3) is 0 Å². The quantitative estimate of drug-likeness (QED) is 0.832. The van der Waals surface area contributed by atoms with Crippen LogP contribution in [0.4, 0.5) is 5.69 Å². The Bertz CT molecular complexity index is 550. The summed E-state index contributed by atoms with van der Waals surface area (Å²) in [6.07, 6.45) is 0. The molecule has 0 aliphatic rings. The van der Waals surface area contributed by atoms with Gasteiger partial charge in [-0.15, -0.1) is 5.10 Å². The molecule has 0 radical (unpaired) electrons. The fourth-order valence-electron chi connectivity index (χ4n) is 1.92. The van der Waals surface area contributed by atoms with Gasteiger partial charge in [0.05, 0.1) is 12.2 Å². The molecular formula is C13H19N5O. The van der Waals surface area contributed by atoms with E-state index in [4.69, 9.17) is 10.5 Å². The molecule has 0 unspecified atom stereocenters. The Hall–Kier alpha value is -2.11. The Morgan fingerprint density at radius 3 is 2.84 bits per heavy atom. The summed E-state index contributed by atoms with van der Waals surface area (Å²) in [5.41, 5.74) is 7.43. The zero-order valence-electron chi connectivity index (χ0n) is 11.5. The third kappa shape index (κ3) is 2.83. The molecule has 6 nitrogen and oxygen atoms in total. The van der Waals surface area contributed by atoms with Crippen LogP contribution in [0.15, 0.2) is 18.2 Å². The summed E-state index contributed by atoms with van der Waals surface area (Å²) in [6, 6.07) is 5.57. The maximum Gasteiger partial charge on any atom is 0.187 e. The van der Waals surface area contributed by atoms with Crippen LogP contribution in [0.5, 0.6) is 5.75 Å². The van der Waals surface area contributed by atoms with E-state index >= 15 is 0 Å². The Morgan fingerprint density at radius 1 is 1.37 bits per heavy atom. The molecule has 0 saturated carbocycles. The predicted octanol–water partition coefficient (Wildman–Crippen LogP) is 1.98. The number of benzene rings is 1. The van der Waals surface area contributed by atoms with E-state index in [9.17, 15) is 0 Å². The van der Waals surface area contributed by atoms with Gasteiger partial charge in [0.15, 0.2) is 5.82 Å². The zero-order valence-corrected chi connectivity index (χ0v) is 11.5. The third-order valence-corrected chi connectivity index (χ3v) is 2.65. The zero-order chi connectivity index (χ0) is 13.8. The minimum atomic E-state index is 0.447. The van der Waals surface area contributed by atoms with Gasteiger partial charge < -0.3 is 10.5 Å². The maximum absolute atomic E-state index is 6.05. The van der Waals surface area contributed by atoms with E-state index in [1.807, 2.05) is 25.1 Å². The summed E-state index contributed by atoms with van der Waals surface area (Å²) < 4.78 is 7.38. The number of hydrogen-bond acceptors (Lipinski definition) is 5. The molecule has 0 saturated heterocycles. The highest BCUT2D eigenvalue weighted by Crippen LogP contribution is 2.33. The molecule has 2 aromatic rings. The second-order valence-electron chi connectivity index (χ2n) is 4.73. The van der Waals surface area contributed by atoms with Gasteiger partial charge >= 0.3 is 0 Å². The van der Waals surface area contributed by atoms with Crippen LogP contribution >= 0.6 is 0 Å². The summed E-state index contributed by atoms with van der Waals surface area (Å²) in [5.74, 6) is 1.81. The molecule has 1 heterocycles. The first-order valence-corrected chi connectivity index (χ1v) is 6.41. The smallest absolute Gasteiger partial charge is 0.187 e. The van der Waals surface area contributed by atoms with E-state index in [1.54, 1.807) is 4.68 Å². The van der Waals surface area contributed by atoms with Crippen LogP contribution in [0.2, 0.25) is 0 Å². The molecule has 1 aromatic carbocycles. The number of ether oxygens (including phenoxy) is 1. The van der Waals surface area contributed by atoms with Crippen LogP contribution in [-0.4, -0.2) is 26.8 Å². The Labute approximate surface area is 112 Å². The first kappa shape index (κ1) is 13.3. The standard InChI is InChI=1S/C13H19N5O/c1-4-19-11-7-5-6-10(14)12(11)13-15-16-17-18(13)8-9(2)3/h5-7,9H,4,8,14H2,1-3H3. The summed E-state index contributed by atoms with van der Waals surface area (Å²) in [4.78, 5) is 0. The largest absolute Gasteiger partial charge is 0.493 e. The number of hydrogen-bond donors (Lipinski definition) is 1. The van der Waals surface area contributed by atoms with Crippen molar-refractivity contribution in [2.45, 2.75) is 27.3 Å². The van der Waals surface area contributed by atoms with Crippen molar-refractivity contribution in [3.8, 4) is 17.1 Å². The highest BCUT2D eigenvalue weighted by atomic mass is 16.5. The van der Waals surface area contributed by atoms with Crippen LogP contribution in [0, 0.1) is 5.92 Å². The Morgan fingerprint density at radius 2 is 2.16 bits per heavy atom. The summed E-state index contributed by atoms with van der Waals surface area (Å²) >= 11 is 0. The summed E-state index contributed by atoms with van der Waals surface area (Å²) in [7, 11) is 0. The van der Waals surface area contributed by atoms with Crippen molar-refractivity contribution in [1.29, 1.82) is 0 Å².